The molecular weight excluding hydrogens is 1260 g/mol. The van der Waals surface area contributed by atoms with Crippen LogP contribution < -0.4 is 14.7 Å². The zero-order valence-electron chi connectivity index (χ0n) is 45.5. The van der Waals surface area contributed by atoms with Crippen LogP contribution in [0, 0.1) is 44.9 Å². The minimum Gasteiger partial charge on any atom is -0.312 e. The van der Waals surface area contributed by atoms with Crippen LogP contribution in [0.5, 0.6) is 0 Å². The lowest BCUT2D eigenvalue weighted by Gasteiger charge is -2.22. The van der Waals surface area contributed by atoms with E-state index in [9.17, 15) is 36.7 Å². The molecule has 16 heteroatoms. The van der Waals surface area contributed by atoms with E-state index < -0.39 is 0 Å². The van der Waals surface area contributed by atoms with Crippen LogP contribution in [0.3, 0.4) is 0 Å². The van der Waals surface area contributed by atoms with Gasteiger partial charge in [0.15, 0.2) is 0 Å². The van der Waals surface area contributed by atoms with Crippen LogP contribution >= 0.6 is 47.8 Å². The van der Waals surface area contributed by atoms with Crippen LogP contribution in [0.15, 0.2) is 159 Å². The van der Waals surface area contributed by atoms with Crippen molar-refractivity contribution in [2.75, 3.05) is 34.3 Å². The van der Waals surface area contributed by atoms with Crippen LogP contribution in [0.1, 0.15) is 77.1 Å². The number of amides is 3. The number of halogens is 7. The maximum absolute atomic E-state index is 13.4. The SMILES string of the molecule is CC1(CC=O)Cc2ccc(F)cc2C1.O=C1N(c2ccc(Br)cc2)CCC12Cc1ccc(F)cc1C2.O=C1N(c2ccc(Br)cc2)CCC12Cc1ccc(F)cc1C2.O=C1N(c2ccc(Br)cc2)CCC12Cc1ccc(F)cc1C2.O=C=O. The quantitative estimate of drug-likeness (QED) is 0.125. The standard InChI is InChI=1S/3C18H15BrFNO.C12H13FO.CO2/c3*19-14-2-5-16(6-3-14)21-8-7-18(17(21)22)10-12-1-4-15(20)9-13(12)11-18;1-12(4-5-14)7-9-2-3-11(13)6-10(9)8-12;2-1-3/h3*1-6,9H,7-8,10-11H2;2-3,5-6H,4,7-8H2,1H3;. The second-order valence-corrected chi connectivity index (χ2v) is 26.0. The number of benzene rings is 7. The van der Waals surface area contributed by atoms with Gasteiger partial charge in [0.05, 0.1) is 16.2 Å². The molecule has 7 aromatic rings. The Morgan fingerprint density at radius 1 is 0.410 bits per heavy atom. The summed E-state index contributed by atoms with van der Waals surface area (Å²) in [5.41, 5.74) is 10.3. The van der Waals surface area contributed by atoms with Gasteiger partial charge in [-0.05, 0) is 242 Å². The van der Waals surface area contributed by atoms with Crippen LogP contribution in [-0.4, -0.2) is 49.8 Å². The van der Waals surface area contributed by atoms with Gasteiger partial charge in [-0.1, -0.05) is 79.0 Å². The number of carbonyl (C=O) groups excluding carboxylic acids is 6. The zero-order valence-corrected chi connectivity index (χ0v) is 50.2. The molecule has 14 rings (SSSR count). The van der Waals surface area contributed by atoms with E-state index in [1.165, 1.54) is 29.8 Å². The van der Waals surface area contributed by atoms with E-state index in [0.29, 0.717) is 25.7 Å². The van der Waals surface area contributed by atoms with Gasteiger partial charge in [0.2, 0.25) is 17.7 Å². The molecule has 0 bridgehead atoms. The third-order valence-electron chi connectivity index (χ3n) is 17.6. The molecule has 3 heterocycles. The van der Waals surface area contributed by atoms with Crippen molar-refractivity contribution in [1.82, 2.24) is 0 Å². The molecule has 3 saturated heterocycles. The van der Waals surface area contributed by atoms with Gasteiger partial charge in [0.25, 0.3) is 0 Å². The Bertz CT molecular complexity index is 3360. The Kier molecular flexibility index (Phi) is 17.4. The molecule has 3 fully saturated rings. The van der Waals surface area contributed by atoms with E-state index in [1.54, 1.807) is 24.3 Å². The topological polar surface area (TPSA) is 112 Å². The van der Waals surface area contributed by atoms with Gasteiger partial charge in [0, 0.05) is 56.5 Å². The van der Waals surface area contributed by atoms with Gasteiger partial charge < -0.3 is 19.5 Å². The fourth-order valence-electron chi connectivity index (χ4n) is 13.5. The molecule has 3 aliphatic heterocycles. The third-order valence-corrected chi connectivity index (χ3v) is 19.2. The van der Waals surface area contributed by atoms with Crippen molar-refractivity contribution in [3.8, 4) is 0 Å². The lowest BCUT2D eigenvalue weighted by molar-refractivity contribution is -0.191. The number of fused-ring (bicyclic) bond motifs is 4. The van der Waals surface area contributed by atoms with Gasteiger partial charge in [-0.3, -0.25) is 14.4 Å². The normalized spacial score (nSPS) is 22.8. The average molecular weight is 1320 g/mol. The smallest absolute Gasteiger partial charge is 0.312 e. The average Bonchev–Trinajstić information content (AvgIpc) is 3.13. The number of aldehydes is 1. The second kappa shape index (κ2) is 24.4. The van der Waals surface area contributed by atoms with Gasteiger partial charge in [-0.15, -0.1) is 0 Å². The van der Waals surface area contributed by atoms with Gasteiger partial charge >= 0.3 is 6.15 Å². The summed E-state index contributed by atoms with van der Waals surface area (Å²) in [5.74, 6) is -0.313. The molecule has 83 heavy (non-hydrogen) atoms. The molecule has 9 nitrogen and oxygen atoms in total. The molecule has 4 atom stereocenters. The monoisotopic (exact) mass is 1310 g/mol. The van der Waals surface area contributed by atoms with Crippen molar-refractivity contribution in [2.24, 2.45) is 21.7 Å². The van der Waals surface area contributed by atoms with E-state index in [1.807, 2.05) is 112 Å². The van der Waals surface area contributed by atoms with Crippen molar-refractivity contribution in [3.63, 3.8) is 0 Å². The van der Waals surface area contributed by atoms with Crippen molar-refractivity contribution >= 4 is 95.0 Å². The Balaban J connectivity index is 0.000000123. The van der Waals surface area contributed by atoms with Crippen molar-refractivity contribution < 1.29 is 46.3 Å². The Labute approximate surface area is 504 Å². The number of hydrogen-bond acceptors (Lipinski definition) is 6. The summed E-state index contributed by atoms with van der Waals surface area (Å²) in [7, 11) is 0. The Morgan fingerprint density at radius 3 is 0.928 bits per heavy atom. The molecule has 0 saturated carbocycles. The third kappa shape index (κ3) is 12.5. The van der Waals surface area contributed by atoms with E-state index in [0.717, 1.165) is 147 Å². The summed E-state index contributed by atoms with van der Waals surface area (Å²) in [6.45, 7) is 4.28. The molecule has 426 valence electrons. The van der Waals surface area contributed by atoms with E-state index in [4.69, 9.17) is 9.59 Å². The summed E-state index contributed by atoms with van der Waals surface area (Å²) >= 11 is 10.2. The highest BCUT2D eigenvalue weighted by atomic mass is 79.9. The summed E-state index contributed by atoms with van der Waals surface area (Å²) in [6, 6.07) is 43.1. The lowest BCUT2D eigenvalue weighted by Crippen LogP contribution is -2.35. The van der Waals surface area contributed by atoms with Crippen LogP contribution in [-0.2, 0) is 80.1 Å². The molecule has 7 aromatic carbocycles. The molecule has 4 aliphatic carbocycles. The first kappa shape index (κ1) is 59.3. The fraction of sp³-hybridized carbons (Fsp3) is 0.299. The number of nitrogens with zero attached hydrogens (tertiary/aromatic N) is 3. The summed E-state index contributed by atoms with van der Waals surface area (Å²) < 4.78 is 56.2. The fourth-order valence-corrected chi connectivity index (χ4v) is 14.3. The van der Waals surface area contributed by atoms with Crippen molar-refractivity contribution in [2.45, 2.75) is 84.0 Å². The minimum atomic E-state index is -0.372. The molecule has 3 amide bonds. The van der Waals surface area contributed by atoms with E-state index in [-0.39, 0.29) is 68.8 Å². The molecule has 0 N–H and O–H groups in total. The Hall–Kier alpha value is -6.84. The highest BCUT2D eigenvalue weighted by molar-refractivity contribution is 9.11. The van der Waals surface area contributed by atoms with Gasteiger partial charge in [0.1, 0.15) is 29.6 Å². The first-order valence-electron chi connectivity index (χ1n) is 27.5. The summed E-state index contributed by atoms with van der Waals surface area (Å²) in [6.07, 6.45) is 10.1. The number of hydrogen-bond donors (Lipinski definition) is 0. The maximum Gasteiger partial charge on any atom is 0.373 e. The van der Waals surface area contributed by atoms with Crippen LogP contribution in [0.25, 0.3) is 0 Å². The van der Waals surface area contributed by atoms with Crippen LogP contribution in [0.2, 0.25) is 0 Å². The highest BCUT2D eigenvalue weighted by Crippen LogP contribution is 2.49. The largest absolute Gasteiger partial charge is 0.373 e. The molecule has 7 aliphatic rings. The summed E-state index contributed by atoms with van der Waals surface area (Å²) in [4.78, 5) is 71.3. The van der Waals surface area contributed by atoms with Crippen molar-refractivity contribution in [1.29, 1.82) is 0 Å². The molecule has 4 unspecified atom stereocenters. The maximum atomic E-state index is 13.4. The van der Waals surface area contributed by atoms with Gasteiger partial charge in [-0.25, -0.2) is 17.6 Å². The van der Waals surface area contributed by atoms with Crippen molar-refractivity contribution in [3.05, 3.63) is 227 Å². The predicted octanol–water partition coefficient (Wildman–Crippen LogP) is 14.3. The molecule has 3 spiro atoms. The number of carbonyl (C=O) groups is 4. The first-order valence-corrected chi connectivity index (χ1v) is 29.9. The first-order chi connectivity index (χ1) is 39.8. The predicted molar refractivity (Wildman–Crippen MR) is 320 cm³/mol. The number of anilines is 3. The number of rotatable bonds is 5. The second-order valence-electron chi connectivity index (χ2n) is 23.2. The van der Waals surface area contributed by atoms with E-state index in [2.05, 4.69) is 54.7 Å². The van der Waals surface area contributed by atoms with E-state index >= 15 is 0 Å². The molecular formula is C67H58Br3F4N3O6. The Morgan fingerprint density at radius 2 is 0.651 bits per heavy atom. The lowest BCUT2D eigenvalue weighted by atomic mass is 9.83. The zero-order chi connectivity index (χ0) is 58.8. The molecule has 0 aromatic heterocycles. The highest BCUT2D eigenvalue weighted by Gasteiger charge is 2.53. The van der Waals surface area contributed by atoms with Gasteiger partial charge in [-0.2, -0.15) is 9.59 Å². The molecule has 0 radical (unpaired) electrons. The van der Waals surface area contributed by atoms with Crippen LogP contribution in [0.4, 0.5) is 34.6 Å². The minimum absolute atomic E-state index is 0.0118. The summed E-state index contributed by atoms with van der Waals surface area (Å²) in [5, 5.41) is 0.